The molecule has 2 heterocycles. The average Bonchev–Trinajstić information content (AvgIpc) is 2.43. The predicted molar refractivity (Wildman–Crippen MR) is 77.3 cm³/mol. The van der Waals surface area contributed by atoms with Crippen LogP contribution in [-0.4, -0.2) is 53.7 Å². The Labute approximate surface area is 123 Å². The lowest BCUT2D eigenvalue weighted by atomic mass is 10.2. The fourth-order valence-electron chi connectivity index (χ4n) is 2.20. The first kappa shape index (κ1) is 14.8. The number of halogens is 1. The van der Waals surface area contributed by atoms with Crippen LogP contribution < -0.4 is 4.90 Å². The maximum Gasteiger partial charge on any atom is 0.409 e. The number of hydrogen-bond donors (Lipinski definition) is 0. The molecule has 0 spiro atoms. The molecule has 0 radical (unpaired) electrons. The summed E-state index contributed by atoms with van der Waals surface area (Å²) in [4.78, 5) is 24.1. The lowest BCUT2D eigenvalue weighted by Crippen LogP contribution is -2.49. The van der Waals surface area contributed by atoms with Crippen LogP contribution in [-0.2, 0) is 4.74 Å². The van der Waals surface area contributed by atoms with Crippen LogP contribution in [0.3, 0.4) is 0 Å². The van der Waals surface area contributed by atoms with Crippen LogP contribution in [0.25, 0.3) is 0 Å². The molecule has 1 aliphatic heterocycles. The summed E-state index contributed by atoms with van der Waals surface area (Å²) in [6.45, 7) is 8.62. The zero-order chi connectivity index (χ0) is 14.7. The number of ether oxygens (including phenoxy) is 1. The molecule has 0 aromatic carbocycles. The molecule has 6 nitrogen and oxygen atoms in total. The molecule has 1 saturated heterocycles. The van der Waals surface area contributed by atoms with E-state index in [1.54, 1.807) is 4.90 Å². The second-order valence-electron chi connectivity index (χ2n) is 4.68. The molecular weight excluding hydrogens is 280 g/mol. The standard InChI is InChI=1S/C13H19ClN4O2/c1-4-20-13(19)18-7-5-17(6-8-18)12-9(2)11(14)15-10(3)16-12/h4-8H2,1-3H3. The van der Waals surface area contributed by atoms with E-state index in [1.165, 1.54) is 0 Å². The van der Waals surface area contributed by atoms with Crippen LogP contribution in [0.4, 0.5) is 10.6 Å². The van der Waals surface area contributed by atoms with Gasteiger partial charge in [0, 0.05) is 31.7 Å². The largest absolute Gasteiger partial charge is 0.450 e. The van der Waals surface area contributed by atoms with E-state index in [2.05, 4.69) is 14.9 Å². The molecule has 110 valence electrons. The average molecular weight is 299 g/mol. The second kappa shape index (κ2) is 6.26. The van der Waals surface area contributed by atoms with Crippen LogP contribution in [0.5, 0.6) is 0 Å². The molecule has 1 aromatic heterocycles. The Morgan fingerprint density at radius 2 is 1.90 bits per heavy atom. The van der Waals surface area contributed by atoms with Crippen molar-refractivity contribution in [2.75, 3.05) is 37.7 Å². The number of carbonyl (C=O) groups excluding carboxylic acids is 1. The van der Waals surface area contributed by atoms with Crippen molar-refractivity contribution in [3.05, 3.63) is 16.5 Å². The van der Waals surface area contributed by atoms with Crippen LogP contribution in [0.15, 0.2) is 0 Å². The highest BCUT2D eigenvalue weighted by molar-refractivity contribution is 6.30. The molecule has 20 heavy (non-hydrogen) atoms. The maximum atomic E-state index is 11.7. The summed E-state index contributed by atoms with van der Waals surface area (Å²) in [5.74, 6) is 1.51. The molecule has 0 saturated carbocycles. The first-order valence-electron chi connectivity index (χ1n) is 6.70. The number of rotatable bonds is 2. The summed E-state index contributed by atoms with van der Waals surface area (Å²) in [6.07, 6.45) is -0.249. The summed E-state index contributed by atoms with van der Waals surface area (Å²) in [5, 5.41) is 0.486. The van der Waals surface area contributed by atoms with Crippen molar-refractivity contribution >= 4 is 23.5 Å². The van der Waals surface area contributed by atoms with E-state index in [9.17, 15) is 4.79 Å². The van der Waals surface area contributed by atoms with Crippen molar-refractivity contribution < 1.29 is 9.53 Å². The Morgan fingerprint density at radius 3 is 2.50 bits per heavy atom. The van der Waals surface area contributed by atoms with E-state index in [0.29, 0.717) is 43.8 Å². The van der Waals surface area contributed by atoms with E-state index in [4.69, 9.17) is 16.3 Å². The Morgan fingerprint density at radius 1 is 1.25 bits per heavy atom. The molecule has 1 fully saturated rings. The Kier molecular flexibility index (Phi) is 4.65. The van der Waals surface area contributed by atoms with Gasteiger partial charge in [-0.1, -0.05) is 11.6 Å². The van der Waals surface area contributed by atoms with E-state index in [0.717, 1.165) is 11.4 Å². The molecule has 7 heteroatoms. The molecule has 1 aliphatic rings. The van der Waals surface area contributed by atoms with Gasteiger partial charge >= 0.3 is 6.09 Å². The maximum absolute atomic E-state index is 11.7. The third-order valence-corrected chi connectivity index (χ3v) is 3.65. The van der Waals surface area contributed by atoms with Crippen molar-refractivity contribution in [2.24, 2.45) is 0 Å². The summed E-state index contributed by atoms with van der Waals surface area (Å²) < 4.78 is 5.01. The van der Waals surface area contributed by atoms with Crippen LogP contribution in [0.1, 0.15) is 18.3 Å². The lowest BCUT2D eigenvalue weighted by Gasteiger charge is -2.35. The van der Waals surface area contributed by atoms with Crippen molar-refractivity contribution in [3.8, 4) is 0 Å². The third-order valence-electron chi connectivity index (χ3n) is 3.28. The highest BCUT2D eigenvalue weighted by atomic mass is 35.5. The van der Waals surface area contributed by atoms with Gasteiger partial charge in [-0.25, -0.2) is 14.8 Å². The highest BCUT2D eigenvalue weighted by Crippen LogP contribution is 2.24. The van der Waals surface area contributed by atoms with Crippen LogP contribution >= 0.6 is 11.6 Å². The van der Waals surface area contributed by atoms with E-state index < -0.39 is 0 Å². The molecule has 0 bridgehead atoms. The van der Waals surface area contributed by atoms with Crippen LogP contribution in [0.2, 0.25) is 5.15 Å². The smallest absolute Gasteiger partial charge is 0.409 e. The van der Waals surface area contributed by atoms with Gasteiger partial charge in [0.15, 0.2) is 0 Å². The number of nitrogens with zero attached hydrogens (tertiary/aromatic N) is 4. The van der Waals surface area contributed by atoms with Gasteiger partial charge in [0.2, 0.25) is 0 Å². The van der Waals surface area contributed by atoms with Crippen molar-refractivity contribution in [3.63, 3.8) is 0 Å². The van der Waals surface area contributed by atoms with Gasteiger partial charge in [0.1, 0.15) is 16.8 Å². The minimum Gasteiger partial charge on any atom is -0.450 e. The number of aromatic nitrogens is 2. The van der Waals surface area contributed by atoms with Gasteiger partial charge < -0.3 is 14.5 Å². The Hall–Kier alpha value is -1.56. The SMILES string of the molecule is CCOC(=O)N1CCN(c2nc(C)nc(Cl)c2C)CC1. The molecule has 1 aromatic rings. The van der Waals surface area contributed by atoms with E-state index in [-0.39, 0.29) is 6.09 Å². The first-order valence-corrected chi connectivity index (χ1v) is 7.08. The van der Waals surface area contributed by atoms with Gasteiger partial charge in [-0.2, -0.15) is 0 Å². The number of anilines is 1. The Bertz CT molecular complexity index is 501. The molecule has 0 N–H and O–H groups in total. The lowest BCUT2D eigenvalue weighted by molar-refractivity contribution is 0.105. The third kappa shape index (κ3) is 3.12. The van der Waals surface area contributed by atoms with Crippen LogP contribution in [0, 0.1) is 13.8 Å². The number of amides is 1. The van der Waals surface area contributed by atoms with Gasteiger partial charge in [-0.05, 0) is 20.8 Å². The topological polar surface area (TPSA) is 58.6 Å². The summed E-state index contributed by atoms with van der Waals surface area (Å²) in [7, 11) is 0. The molecule has 2 rings (SSSR count). The Balaban J connectivity index is 2.06. The van der Waals surface area contributed by atoms with Crippen molar-refractivity contribution in [2.45, 2.75) is 20.8 Å². The minimum atomic E-state index is -0.249. The summed E-state index contributed by atoms with van der Waals surface area (Å²) in [5.41, 5.74) is 0.877. The molecule has 1 amide bonds. The number of aryl methyl sites for hydroxylation is 1. The van der Waals surface area contributed by atoms with Gasteiger partial charge in [0.05, 0.1) is 6.61 Å². The molecular formula is C13H19ClN4O2. The van der Waals surface area contributed by atoms with Gasteiger partial charge in [-0.3, -0.25) is 0 Å². The van der Waals surface area contributed by atoms with Gasteiger partial charge in [0.25, 0.3) is 0 Å². The van der Waals surface area contributed by atoms with E-state index >= 15 is 0 Å². The van der Waals surface area contributed by atoms with Crippen molar-refractivity contribution in [1.29, 1.82) is 0 Å². The fraction of sp³-hybridized carbons (Fsp3) is 0.615. The molecule has 0 unspecified atom stereocenters. The van der Waals surface area contributed by atoms with Gasteiger partial charge in [-0.15, -0.1) is 0 Å². The zero-order valence-electron chi connectivity index (χ0n) is 12.0. The molecule has 0 atom stereocenters. The number of piperazine rings is 1. The number of carbonyl (C=O) groups is 1. The fourth-order valence-corrected chi connectivity index (χ4v) is 2.41. The summed E-state index contributed by atoms with van der Waals surface area (Å²) in [6, 6.07) is 0. The zero-order valence-corrected chi connectivity index (χ0v) is 12.8. The summed E-state index contributed by atoms with van der Waals surface area (Å²) >= 11 is 6.10. The highest BCUT2D eigenvalue weighted by Gasteiger charge is 2.24. The quantitative estimate of drug-likeness (QED) is 0.782. The minimum absolute atomic E-state index is 0.249. The monoisotopic (exact) mass is 298 g/mol. The number of hydrogen-bond acceptors (Lipinski definition) is 5. The first-order chi connectivity index (χ1) is 9.52. The van der Waals surface area contributed by atoms with E-state index in [1.807, 2.05) is 20.8 Å². The van der Waals surface area contributed by atoms with Crippen molar-refractivity contribution in [1.82, 2.24) is 14.9 Å². The second-order valence-corrected chi connectivity index (χ2v) is 5.04. The normalized spacial score (nSPS) is 15.4. The predicted octanol–water partition coefficient (Wildman–Crippen LogP) is 2.03. The molecule has 0 aliphatic carbocycles.